The second kappa shape index (κ2) is 15.9. The van der Waals surface area contributed by atoms with Crippen LogP contribution in [0.15, 0.2) is 53.5 Å². The van der Waals surface area contributed by atoms with Crippen LogP contribution in [0.25, 0.3) is 0 Å². The smallest absolute Gasteiger partial charge is 0.243 e. The van der Waals surface area contributed by atoms with Gasteiger partial charge in [0.05, 0.1) is 12.6 Å². The van der Waals surface area contributed by atoms with Crippen molar-refractivity contribution in [1.82, 2.24) is 15.5 Å². The standard InChI is InChI=1S/C27H38FN7O4/c1-2-35(15-13-19-6-3-4-7-21(19)28)24(37)17-33-26(39)23(8-5-14-32-27(30)31)34-25(38)22(29)16-18-9-11-20(36)12-10-18/h3-4,6-7,9-12,22-23,36H,2,5,8,13-17,29H2,1H3,(H,33,39)(H,34,38)(H4,30,31,32)/t22-,23+/m0/s1. The molecule has 2 atom stereocenters. The van der Waals surface area contributed by atoms with Gasteiger partial charge in [0.25, 0.3) is 0 Å². The third-order valence-corrected chi connectivity index (χ3v) is 6.06. The third-order valence-electron chi connectivity index (χ3n) is 6.06. The molecule has 0 aliphatic rings. The molecule has 0 spiro atoms. The Kier molecular flexibility index (Phi) is 12.7. The van der Waals surface area contributed by atoms with E-state index in [4.69, 9.17) is 17.2 Å². The molecule has 11 nitrogen and oxygen atoms in total. The van der Waals surface area contributed by atoms with Crippen molar-refractivity contribution in [2.45, 2.75) is 44.7 Å². The number of guanidine groups is 1. The summed E-state index contributed by atoms with van der Waals surface area (Å²) in [7, 11) is 0. The number of nitrogens with two attached hydrogens (primary N) is 3. The molecule has 2 aromatic carbocycles. The molecular formula is C27H38FN7O4. The molecule has 0 aliphatic heterocycles. The first-order chi connectivity index (χ1) is 18.6. The lowest BCUT2D eigenvalue weighted by Gasteiger charge is -2.23. The fraction of sp³-hybridized carbons (Fsp3) is 0.407. The minimum atomic E-state index is -0.973. The molecule has 2 aromatic rings. The predicted molar refractivity (Wildman–Crippen MR) is 147 cm³/mol. The average molecular weight is 544 g/mol. The number of aromatic hydroxyl groups is 1. The van der Waals surface area contributed by atoms with E-state index in [0.717, 1.165) is 5.56 Å². The van der Waals surface area contributed by atoms with Crippen molar-refractivity contribution < 1.29 is 23.9 Å². The van der Waals surface area contributed by atoms with E-state index in [-0.39, 0.29) is 55.9 Å². The number of phenols is 1. The number of phenolic OH excluding ortho intramolecular Hbond substituents is 1. The zero-order valence-electron chi connectivity index (χ0n) is 22.1. The minimum absolute atomic E-state index is 0.0865. The summed E-state index contributed by atoms with van der Waals surface area (Å²) in [5, 5.41) is 14.7. The van der Waals surface area contributed by atoms with Crippen LogP contribution in [0.3, 0.4) is 0 Å². The van der Waals surface area contributed by atoms with Gasteiger partial charge in [-0.15, -0.1) is 0 Å². The van der Waals surface area contributed by atoms with E-state index in [0.29, 0.717) is 24.9 Å². The van der Waals surface area contributed by atoms with E-state index < -0.39 is 23.9 Å². The van der Waals surface area contributed by atoms with Gasteiger partial charge in [-0.25, -0.2) is 4.39 Å². The molecule has 0 saturated heterocycles. The Morgan fingerprint density at radius 3 is 2.41 bits per heavy atom. The van der Waals surface area contributed by atoms with E-state index in [2.05, 4.69) is 15.6 Å². The third kappa shape index (κ3) is 11.0. The Labute approximate surface area is 227 Å². The summed E-state index contributed by atoms with van der Waals surface area (Å²) in [6.07, 6.45) is 1.13. The zero-order chi connectivity index (χ0) is 28.8. The fourth-order valence-corrected chi connectivity index (χ4v) is 3.84. The highest BCUT2D eigenvalue weighted by atomic mass is 19.1. The summed E-state index contributed by atoms with van der Waals surface area (Å²) in [4.78, 5) is 43.9. The van der Waals surface area contributed by atoms with Crippen LogP contribution in [0.1, 0.15) is 30.9 Å². The second-order valence-corrected chi connectivity index (χ2v) is 9.02. The van der Waals surface area contributed by atoms with Crippen molar-refractivity contribution in [3.63, 3.8) is 0 Å². The number of benzene rings is 2. The molecule has 0 bridgehead atoms. The maximum Gasteiger partial charge on any atom is 0.243 e. The van der Waals surface area contributed by atoms with Gasteiger partial charge in [0, 0.05) is 19.6 Å². The van der Waals surface area contributed by atoms with E-state index in [1.165, 1.54) is 23.1 Å². The molecule has 0 heterocycles. The van der Waals surface area contributed by atoms with E-state index in [1.807, 2.05) is 0 Å². The highest BCUT2D eigenvalue weighted by Gasteiger charge is 2.25. The molecular weight excluding hydrogens is 505 g/mol. The van der Waals surface area contributed by atoms with E-state index in [9.17, 15) is 23.9 Å². The van der Waals surface area contributed by atoms with Crippen molar-refractivity contribution in [3.8, 4) is 5.75 Å². The molecule has 0 saturated carbocycles. The highest BCUT2D eigenvalue weighted by molar-refractivity contribution is 5.91. The van der Waals surface area contributed by atoms with Crippen LogP contribution < -0.4 is 27.8 Å². The molecule has 0 radical (unpaired) electrons. The van der Waals surface area contributed by atoms with Crippen molar-refractivity contribution in [1.29, 1.82) is 0 Å². The summed E-state index contributed by atoms with van der Waals surface area (Å²) in [5.41, 5.74) is 18.0. The van der Waals surface area contributed by atoms with E-state index in [1.54, 1.807) is 37.3 Å². The molecule has 0 fully saturated rings. The van der Waals surface area contributed by atoms with Gasteiger partial charge >= 0.3 is 0 Å². The number of hydrogen-bond acceptors (Lipinski definition) is 6. The van der Waals surface area contributed by atoms with Crippen LogP contribution in [0.4, 0.5) is 4.39 Å². The number of nitrogens with one attached hydrogen (secondary N) is 2. The van der Waals surface area contributed by atoms with Gasteiger partial charge in [-0.05, 0) is 61.9 Å². The molecule has 39 heavy (non-hydrogen) atoms. The number of amides is 3. The molecule has 9 N–H and O–H groups in total. The number of rotatable bonds is 15. The number of nitrogens with zero attached hydrogens (tertiary/aromatic N) is 2. The summed E-state index contributed by atoms with van der Waals surface area (Å²) in [5.74, 6) is -1.76. The van der Waals surface area contributed by atoms with Crippen molar-refractivity contribution in [2.75, 3.05) is 26.2 Å². The number of halogens is 1. The zero-order valence-corrected chi connectivity index (χ0v) is 22.1. The Bertz CT molecular complexity index is 1120. The normalized spacial score (nSPS) is 12.2. The van der Waals surface area contributed by atoms with Crippen LogP contribution in [0, 0.1) is 5.82 Å². The van der Waals surface area contributed by atoms with Crippen molar-refractivity contribution in [2.24, 2.45) is 22.2 Å². The Morgan fingerprint density at radius 2 is 1.77 bits per heavy atom. The molecule has 3 amide bonds. The topological polar surface area (TPSA) is 189 Å². The van der Waals surface area contributed by atoms with E-state index >= 15 is 0 Å². The molecule has 0 aromatic heterocycles. The summed E-state index contributed by atoms with van der Waals surface area (Å²) in [6.45, 7) is 2.43. The lowest BCUT2D eigenvalue weighted by molar-refractivity contribution is -0.134. The van der Waals surface area contributed by atoms with Gasteiger partial charge in [0.2, 0.25) is 17.7 Å². The molecule has 0 unspecified atom stereocenters. The van der Waals surface area contributed by atoms with Gasteiger partial charge in [0.15, 0.2) is 5.96 Å². The first-order valence-corrected chi connectivity index (χ1v) is 12.8. The second-order valence-electron chi connectivity index (χ2n) is 9.02. The number of carbonyl (C=O) groups is 3. The van der Waals surface area contributed by atoms with Crippen LogP contribution in [-0.2, 0) is 27.2 Å². The lowest BCUT2D eigenvalue weighted by atomic mass is 10.0. The molecule has 0 aliphatic carbocycles. The summed E-state index contributed by atoms with van der Waals surface area (Å²) in [6, 6.07) is 10.7. The van der Waals surface area contributed by atoms with Gasteiger partial charge in [0.1, 0.15) is 17.6 Å². The maximum atomic E-state index is 13.9. The highest BCUT2D eigenvalue weighted by Crippen LogP contribution is 2.11. The summed E-state index contributed by atoms with van der Waals surface area (Å²) < 4.78 is 13.9. The SMILES string of the molecule is CCN(CCc1ccccc1F)C(=O)CNC(=O)[C@@H](CCCN=C(N)N)NC(=O)[C@@H](N)Cc1ccc(O)cc1. The number of aliphatic imine (C=N–C) groups is 1. The fourth-order valence-electron chi connectivity index (χ4n) is 3.84. The lowest BCUT2D eigenvalue weighted by Crippen LogP contribution is -2.53. The number of carbonyl (C=O) groups excluding carboxylic acids is 3. The Balaban J connectivity index is 1.96. The van der Waals surface area contributed by atoms with Gasteiger partial charge in [-0.3, -0.25) is 19.4 Å². The maximum absolute atomic E-state index is 13.9. The average Bonchev–Trinajstić information content (AvgIpc) is 2.91. The van der Waals surface area contributed by atoms with Crippen LogP contribution in [0.5, 0.6) is 5.75 Å². The number of hydrogen-bond donors (Lipinski definition) is 6. The van der Waals surface area contributed by atoms with Crippen LogP contribution in [-0.4, -0.2) is 72.0 Å². The molecule has 12 heteroatoms. The van der Waals surface area contributed by atoms with Crippen molar-refractivity contribution in [3.05, 3.63) is 65.5 Å². The first kappa shape index (κ1) is 31.0. The van der Waals surface area contributed by atoms with Crippen LogP contribution >= 0.6 is 0 Å². The van der Waals surface area contributed by atoms with Gasteiger partial charge in [-0.1, -0.05) is 30.3 Å². The van der Waals surface area contributed by atoms with Crippen molar-refractivity contribution >= 4 is 23.7 Å². The molecule has 212 valence electrons. The monoisotopic (exact) mass is 543 g/mol. The number of likely N-dealkylation sites (N-methyl/N-ethyl adjacent to an activating group) is 1. The first-order valence-electron chi connectivity index (χ1n) is 12.8. The Hall–Kier alpha value is -4.19. The Morgan fingerprint density at radius 1 is 1.08 bits per heavy atom. The quantitative estimate of drug-likeness (QED) is 0.105. The predicted octanol–water partition coefficient (Wildman–Crippen LogP) is 0.147. The van der Waals surface area contributed by atoms with Gasteiger partial charge < -0.3 is 37.8 Å². The minimum Gasteiger partial charge on any atom is -0.508 e. The largest absolute Gasteiger partial charge is 0.508 e. The molecule has 2 rings (SSSR count). The van der Waals surface area contributed by atoms with Crippen LogP contribution in [0.2, 0.25) is 0 Å². The van der Waals surface area contributed by atoms with Gasteiger partial charge in [-0.2, -0.15) is 0 Å². The summed E-state index contributed by atoms with van der Waals surface area (Å²) >= 11 is 0.